The van der Waals surface area contributed by atoms with E-state index in [9.17, 15) is 10.1 Å². The van der Waals surface area contributed by atoms with Gasteiger partial charge in [0.1, 0.15) is 5.10 Å². The van der Waals surface area contributed by atoms with Crippen LogP contribution in [0.5, 0.6) is 0 Å². The number of nitro groups is 1. The summed E-state index contributed by atoms with van der Waals surface area (Å²) in [6.07, 6.45) is 0. The molecule has 1 aliphatic heterocycles. The molecule has 0 amide bonds. The van der Waals surface area contributed by atoms with Gasteiger partial charge >= 0.3 is 0 Å². The van der Waals surface area contributed by atoms with Crippen molar-refractivity contribution >= 4 is 5.96 Å². The normalized spacial score (nSPS) is 17.5. The van der Waals surface area contributed by atoms with E-state index in [1.165, 1.54) is 0 Å². The molecule has 1 aliphatic rings. The maximum atomic E-state index is 10.3. The third-order valence-corrected chi connectivity index (χ3v) is 2.36. The number of hydrogen-bond donors (Lipinski definition) is 1. The molecule has 16 heavy (non-hydrogen) atoms. The van der Waals surface area contributed by atoms with E-state index >= 15 is 0 Å². The SMILES string of the molecule is O=[N+]([O-])/N=C1\NCCN1Cc1ccccc1. The van der Waals surface area contributed by atoms with Crippen molar-refractivity contribution in [3.05, 3.63) is 46.0 Å². The van der Waals surface area contributed by atoms with E-state index in [4.69, 9.17) is 0 Å². The summed E-state index contributed by atoms with van der Waals surface area (Å²) in [6.45, 7) is 2.07. The van der Waals surface area contributed by atoms with Gasteiger partial charge in [0.25, 0.3) is 5.96 Å². The Morgan fingerprint density at radius 1 is 1.44 bits per heavy atom. The van der Waals surface area contributed by atoms with Gasteiger partial charge in [-0.2, -0.15) is 0 Å². The molecule has 1 heterocycles. The maximum Gasteiger partial charge on any atom is 0.271 e. The molecule has 0 atom stereocenters. The summed E-state index contributed by atoms with van der Waals surface area (Å²) in [5, 5.41) is 15.8. The largest absolute Gasteiger partial charge is 0.349 e. The van der Waals surface area contributed by atoms with Crippen molar-refractivity contribution in [1.29, 1.82) is 0 Å². The number of hydrogen-bond acceptors (Lipinski definition) is 2. The van der Waals surface area contributed by atoms with E-state index < -0.39 is 5.03 Å². The van der Waals surface area contributed by atoms with Crippen LogP contribution >= 0.6 is 0 Å². The molecule has 0 radical (unpaired) electrons. The van der Waals surface area contributed by atoms with Crippen molar-refractivity contribution in [3.8, 4) is 0 Å². The summed E-state index contributed by atoms with van der Waals surface area (Å²) in [5.41, 5.74) is 1.11. The van der Waals surface area contributed by atoms with Gasteiger partial charge in [0.05, 0.1) is 0 Å². The number of hydrazone groups is 1. The standard InChI is InChI=1S/C10H12N4O2/c15-14(16)12-10-11-6-7-13(10)8-9-4-2-1-3-5-9/h1-5H,6-8H2,(H,11,12). The van der Waals surface area contributed by atoms with E-state index in [0.717, 1.165) is 12.1 Å². The quantitative estimate of drug-likeness (QED) is 0.599. The molecule has 0 spiro atoms. The Morgan fingerprint density at radius 3 is 2.88 bits per heavy atom. The minimum atomic E-state index is -0.675. The average Bonchev–Trinajstić information content (AvgIpc) is 2.66. The lowest BCUT2D eigenvalue weighted by molar-refractivity contribution is -0.485. The van der Waals surface area contributed by atoms with Crippen LogP contribution in [0.4, 0.5) is 0 Å². The average molecular weight is 220 g/mol. The summed E-state index contributed by atoms with van der Waals surface area (Å²) >= 11 is 0. The maximum absolute atomic E-state index is 10.3. The van der Waals surface area contributed by atoms with Crippen LogP contribution in [0.15, 0.2) is 35.4 Å². The molecule has 1 fully saturated rings. The van der Waals surface area contributed by atoms with Crippen molar-refractivity contribution < 1.29 is 5.03 Å². The highest BCUT2D eigenvalue weighted by Crippen LogP contribution is 2.07. The highest BCUT2D eigenvalue weighted by Gasteiger charge is 2.21. The van der Waals surface area contributed by atoms with Gasteiger partial charge in [0.2, 0.25) is 0 Å². The first-order valence-corrected chi connectivity index (χ1v) is 5.01. The summed E-state index contributed by atoms with van der Waals surface area (Å²) in [5.74, 6) is 0.342. The summed E-state index contributed by atoms with van der Waals surface area (Å²) in [4.78, 5) is 12.2. The monoisotopic (exact) mass is 220 g/mol. The number of benzene rings is 1. The topological polar surface area (TPSA) is 70.8 Å². The van der Waals surface area contributed by atoms with Crippen LogP contribution in [0.25, 0.3) is 0 Å². The lowest BCUT2D eigenvalue weighted by Crippen LogP contribution is -2.30. The summed E-state index contributed by atoms with van der Waals surface area (Å²) in [7, 11) is 0. The van der Waals surface area contributed by atoms with Gasteiger partial charge in [-0.1, -0.05) is 30.3 Å². The van der Waals surface area contributed by atoms with E-state index in [2.05, 4.69) is 10.4 Å². The minimum Gasteiger partial charge on any atom is -0.349 e. The van der Waals surface area contributed by atoms with Crippen LogP contribution in [0.1, 0.15) is 5.56 Å². The Kier molecular flexibility index (Phi) is 3.00. The fourth-order valence-electron chi connectivity index (χ4n) is 1.65. The molecule has 1 aromatic carbocycles. The molecule has 0 unspecified atom stereocenters. The Morgan fingerprint density at radius 2 is 2.19 bits per heavy atom. The molecule has 1 saturated heterocycles. The van der Waals surface area contributed by atoms with Crippen LogP contribution in [-0.4, -0.2) is 29.0 Å². The molecule has 0 aliphatic carbocycles. The number of rotatable bonds is 3. The molecule has 6 heteroatoms. The fraction of sp³-hybridized carbons (Fsp3) is 0.300. The highest BCUT2D eigenvalue weighted by atomic mass is 16.7. The molecule has 84 valence electrons. The molecule has 0 bridgehead atoms. The van der Waals surface area contributed by atoms with Gasteiger partial charge < -0.3 is 10.2 Å². The second-order valence-electron chi connectivity index (χ2n) is 3.50. The number of nitrogens with zero attached hydrogens (tertiary/aromatic N) is 3. The first-order chi connectivity index (χ1) is 7.75. The summed E-state index contributed by atoms with van der Waals surface area (Å²) < 4.78 is 0. The Balaban J connectivity index is 2.07. The molecule has 6 nitrogen and oxygen atoms in total. The molecule has 0 aromatic heterocycles. The zero-order chi connectivity index (χ0) is 11.4. The van der Waals surface area contributed by atoms with Crippen LogP contribution < -0.4 is 5.32 Å². The highest BCUT2D eigenvalue weighted by molar-refractivity contribution is 5.81. The van der Waals surface area contributed by atoms with Gasteiger partial charge in [0.15, 0.2) is 5.03 Å². The first kappa shape index (κ1) is 10.4. The lowest BCUT2D eigenvalue weighted by atomic mass is 10.2. The summed E-state index contributed by atoms with van der Waals surface area (Å²) in [6, 6.07) is 9.81. The minimum absolute atomic E-state index is 0.342. The predicted octanol–water partition coefficient (Wildman–Crippen LogP) is 0.639. The number of guanidine groups is 1. The third-order valence-electron chi connectivity index (χ3n) is 2.36. The molecule has 2 rings (SSSR count). The molecule has 0 saturated carbocycles. The predicted molar refractivity (Wildman–Crippen MR) is 59.3 cm³/mol. The Labute approximate surface area is 92.7 Å². The van der Waals surface area contributed by atoms with Crippen molar-refractivity contribution in [2.24, 2.45) is 5.10 Å². The van der Waals surface area contributed by atoms with Crippen LogP contribution in [0.2, 0.25) is 0 Å². The van der Waals surface area contributed by atoms with E-state index in [-0.39, 0.29) is 0 Å². The van der Waals surface area contributed by atoms with Crippen molar-refractivity contribution in [2.75, 3.05) is 13.1 Å². The van der Waals surface area contributed by atoms with Gasteiger partial charge in [-0.15, -0.1) is 0 Å². The van der Waals surface area contributed by atoms with Crippen LogP contribution in [0, 0.1) is 10.1 Å². The van der Waals surface area contributed by atoms with Gasteiger partial charge in [-0.05, 0) is 5.56 Å². The Hall–Kier alpha value is -2.11. The van der Waals surface area contributed by atoms with E-state index in [1.54, 1.807) is 0 Å². The molecule has 1 aromatic rings. The van der Waals surface area contributed by atoms with Gasteiger partial charge in [-0.3, -0.25) is 0 Å². The van der Waals surface area contributed by atoms with Crippen molar-refractivity contribution in [3.63, 3.8) is 0 Å². The fourth-order valence-corrected chi connectivity index (χ4v) is 1.65. The molecule has 1 N–H and O–H groups in total. The van der Waals surface area contributed by atoms with Crippen molar-refractivity contribution in [1.82, 2.24) is 10.2 Å². The Bertz CT molecular complexity index is 405. The molecular formula is C10H12N4O2. The number of nitrogens with one attached hydrogen (secondary N) is 1. The van der Waals surface area contributed by atoms with Crippen molar-refractivity contribution in [2.45, 2.75) is 6.54 Å². The first-order valence-electron chi connectivity index (χ1n) is 5.01. The van der Waals surface area contributed by atoms with Crippen LogP contribution in [-0.2, 0) is 6.54 Å². The smallest absolute Gasteiger partial charge is 0.271 e. The third kappa shape index (κ3) is 2.47. The van der Waals surface area contributed by atoms with Gasteiger partial charge in [0, 0.05) is 19.6 Å². The zero-order valence-corrected chi connectivity index (χ0v) is 8.67. The lowest BCUT2D eigenvalue weighted by Gasteiger charge is -2.15. The second-order valence-corrected chi connectivity index (χ2v) is 3.50. The van der Waals surface area contributed by atoms with Gasteiger partial charge in [-0.25, -0.2) is 10.1 Å². The van der Waals surface area contributed by atoms with E-state index in [0.29, 0.717) is 19.0 Å². The van der Waals surface area contributed by atoms with Crippen LogP contribution in [0.3, 0.4) is 0 Å². The zero-order valence-electron chi connectivity index (χ0n) is 8.67. The second kappa shape index (κ2) is 4.61. The van der Waals surface area contributed by atoms with E-state index in [1.807, 2.05) is 35.2 Å². The molecular weight excluding hydrogens is 208 g/mol.